The third-order valence-electron chi connectivity index (χ3n) is 2.64. The van der Waals surface area contributed by atoms with Gasteiger partial charge < -0.3 is 9.84 Å². The Hall–Kier alpha value is -1.95. The Morgan fingerprint density at radius 1 is 1.50 bits per heavy atom. The average Bonchev–Trinajstić information content (AvgIpc) is 2.68. The van der Waals surface area contributed by atoms with Gasteiger partial charge >= 0.3 is 5.97 Å². The van der Waals surface area contributed by atoms with Crippen molar-refractivity contribution >= 4 is 11.7 Å². The van der Waals surface area contributed by atoms with Crippen LogP contribution in [0, 0.1) is 13.8 Å². The summed E-state index contributed by atoms with van der Waals surface area (Å²) >= 11 is 0. The number of aliphatic carboxylic acids is 1. The number of fused-ring (bicyclic) bond motifs is 1. The van der Waals surface area contributed by atoms with Gasteiger partial charge in [-0.05, 0) is 26.8 Å². The van der Waals surface area contributed by atoms with Crippen molar-refractivity contribution in [3.8, 4) is 0 Å². The predicted octanol–water partition coefficient (Wildman–Crippen LogP) is 1.34. The van der Waals surface area contributed by atoms with Crippen molar-refractivity contribution < 1.29 is 14.6 Å². The molecule has 2 heterocycles. The van der Waals surface area contributed by atoms with Crippen molar-refractivity contribution in [3.63, 3.8) is 0 Å². The van der Waals surface area contributed by atoms with Crippen LogP contribution in [0.3, 0.4) is 0 Å². The summed E-state index contributed by atoms with van der Waals surface area (Å²) in [5.41, 5.74) is 2.60. The van der Waals surface area contributed by atoms with Crippen molar-refractivity contribution in [1.82, 2.24) is 14.4 Å². The number of aryl methyl sites for hydroxylation is 2. The molecule has 0 saturated carbocycles. The van der Waals surface area contributed by atoms with Crippen molar-refractivity contribution in [2.75, 3.05) is 0 Å². The summed E-state index contributed by atoms with van der Waals surface area (Å²) in [5, 5.41) is 8.72. The lowest BCUT2D eigenvalue weighted by atomic mass is 10.3. The van der Waals surface area contributed by atoms with Crippen LogP contribution in [0.5, 0.6) is 0 Å². The largest absolute Gasteiger partial charge is 0.479 e. The van der Waals surface area contributed by atoms with Crippen molar-refractivity contribution in [1.29, 1.82) is 0 Å². The van der Waals surface area contributed by atoms with Gasteiger partial charge in [-0.15, -0.1) is 0 Å². The second-order valence-electron chi connectivity index (χ2n) is 4.23. The maximum absolute atomic E-state index is 10.6. The van der Waals surface area contributed by atoms with E-state index in [1.165, 1.54) is 6.92 Å². The van der Waals surface area contributed by atoms with Gasteiger partial charge in [0.15, 0.2) is 6.10 Å². The van der Waals surface area contributed by atoms with Crippen LogP contribution in [0.1, 0.15) is 24.0 Å². The Balaban J connectivity index is 2.20. The molecule has 0 aromatic carbocycles. The van der Waals surface area contributed by atoms with Gasteiger partial charge in [-0.3, -0.25) is 4.40 Å². The molecule has 0 fully saturated rings. The minimum absolute atomic E-state index is 0.162. The molecular formula is C12H15N3O3. The van der Waals surface area contributed by atoms with Gasteiger partial charge in [0, 0.05) is 17.6 Å². The third kappa shape index (κ3) is 2.48. The Morgan fingerprint density at radius 3 is 2.89 bits per heavy atom. The molecule has 18 heavy (non-hydrogen) atoms. The lowest BCUT2D eigenvalue weighted by Gasteiger charge is -2.05. The highest BCUT2D eigenvalue weighted by molar-refractivity contribution is 5.71. The number of carboxylic acids is 1. The number of carbonyl (C=O) groups is 1. The minimum atomic E-state index is -0.982. The molecule has 2 aromatic rings. The Labute approximate surface area is 104 Å². The van der Waals surface area contributed by atoms with Crippen LogP contribution in [0.2, 0.25) is 0 Å². The standard InChI is InChI=1S/C12H15N3O3/c1-7-4-8(2)15-5-10(14-12(15)13-7)6-18-9(3)11(16)17/h4-5,9H,6H2,1-3H3,(H,16,17). The number of hydrogen-bond donors (Lipinski definition) is 1. The van der Waals surface area contributed by atoms with E-state index in [9.17, 15) is 4.79 Å². The summed E-state index contributed by atoms with van der Waals surface area (Å²) in [6.45, 7) is 5.53. The molecule has 6 nitrogen and oxygen atoms in total. The van der Waals surface area contributed by atoms with Crippen LogP contribution >= 0.6 is 0 Å². The van der Waals surface area contributed by atoms with Gasteiger partial charge in [0.05, 0.1) is 12.3 Å². The van der Waals surface area contributed by atoms with Crippen LogP contribution in [-0.4, -0.2) is 31.5 Å². The quantitative estimate of drug-likeness (QED) is 0.884. The van der Waals surface area contributed by atoms with E-state index in [0.29, 0.717) is 11.5 Å². The molecule has 0 aliphatic heterocycles. The molecule has 2 rings (SSSR count). The first-order chi connectivity index (χ1) is 8.47. The number of imidazole rings is 1. The van der Waals surface area contributed by atoms with E-state index in [-0.39, 0.29) is 6.61 Å². The molecule has 6 heteroatoms. The molecule has 0 saturated heterocycles. The zero-order valence-corrected chi connectivity index (χ0v) is 10.5. The molecule has 0 bridgehead atoms. The molecule has 2 aromatic heterocycles. The van der Waals surface area contributed by atoms with Gasteiger partial charge in [0.2, 0.25) is 5.78 Å². The SMILES string of the molecule is Cc1cc(C)n2cc(COC(C)C(=O)O)nc2n1. The van der Waals surface area contributed by atoms with Gasteiger partial charge in [-0.1, -0.05) is 0 Å². The Kier molecular flexibility index (Phi) is 3.29. The van der Waals surface area contributed by atoms with Crippen molar-refractivity contribution in [2.24, 2.45) is 0 Å². The fourth-order valence-corrected chi connectivity index (χ4v) is 1.67. The van der Waals surface area contributed by atoms with E-state index in [1.807, 2.05) is 30.5 Å². The highest BCUT2D eigenvalue weighted by Gasteiger charge is 2.12. The summed E-state index contributed by atoms with van der Waals surface area (Å²) in [7, 11) is 0. The smallest absolute Gasteiger partial charge is 0.332 e. The van der Waals surface area contributed by atoms with Gasteiger partial charge in [0.25, 0.3) is 0 Å². The van der Waals surface area contributed by atoms with E-state index in [2.05, 4.69) is 9.97 Å². The van der Waals surface area contributed by atoms with E-state index in [4.69, 9.17) is 9.84 Å². The van der Waals surface area contributed by atoms with Crippen LogP contribution in [-0.2, 0) is 16.1 Å². The van der Waals surface area contributed by atoms with Crippen LogP contribution in [0.25, 0.3) is 5.78 Å². The molecule has 0 aliphatic carbocycles. The van der Waals surface area contributed by atoms with E-state index < -0.39 is 12.1 Å². The fourth-order valence-electron chi connectivity index (χ4n) is 1.67. The number of aromatic nitrogens is 3. The molecule has 1 N–H and O–H groups in total. The molecule has 0 radical (unpaired) electrons. The summed E-state index contributed by atoms with van der Waals surface area (Å²) in [6, 6.07) is 1.96. The highest BCUT2D eigenvalue weighted by Crippen LogP contribution is 2.09. The average molecular weight is 249 g/mol. The third-order valence-corrected chi connectivity index (χ3v) is 2.64. The second-order valence-corrected chi connectivity index (χ2v) is 4.23. The predicted molar refractivity (Wildman–Crippen MR) is 64.3 cm³/mol. The Morgan fingerprint density at radius 2 is 2.22 bits per heavy atom. The second kappa shape index (κ2) is 4.73. The zero-order chi connectivity index (χ0) is 13.3. The maximum Gasteiger partial charge on any atom is 0.332 e. The van der Waals surface area contributed by atoms with E-state index >= 15 is 0 Å². The molecule has 0 aliphatic rings. The lowest BCUT2D eigenvalue weighted by Crippen LogP contribution is -2.19. The first-order valence-corrected chi connectivity index (χ1v) is 5.64. The lowest BCUT2D eigenvalue weighted by molar-refractivity contribution is -0.149. The maximum atomic E-state index is 10.6. The number of rotatable bonds is 4. The molecular weight excluding hydrogens is 234 g/mol. The summed E-state index contributed by atoms with van der Waals surface area (Å²) in [6.07, 6.45) is 0.969. The van der Waals surface area contributed by atoms with Crippen molar-refractivity contribution in [3.05, 3.63) is 29.3 Å². The highest BCUT2D eigenvalue weighted by atomic mass is 16.5. The summed E-state index contributed by atoms with van der Waals surface area (Å²) in [5.74, 6) is -0.377. The monoisotopic (exact) mass is 249 g/mol. The van der Waals surface area contributed by atoms with Crippen LogP contribution in [0.15, 0.2) is 12.3 Å². The van der Waals surface area contributed by atoms with E-state index in [1.54, 1.807) is 0 Å². The number of ether oxygens (including phenoxy) is 1. The zero-order valence-electron chi connectivity index (χ0n) is 10.5. The number of carboxylic acid groups (broad SMARTS) is 1. The van der Waals surface area contributed by atoms with Gasteiger partial charge in [-0.25, -0.2) is 14.8 Å². The number of hydrogen-bond acceptors (Lipinski definition) is 4. The summed E-state index contributed by atoms with van der Waals surface area (Å²) in [4.78, 5) is 19.2. The van der Waals surface area contributed by atoms with Crippen LogP contribution in [0.4, 0.5) is 0 Å². The normalized spacial score (nSPS) is 12.8. The molecule has 0 amide bonds. The number of nitrogens with zero attached hydrogens (tertiary/aromatic N) is 3. The van der Waals surface area contributed by atoms with Crippen LogP contribution < -0.4 is 0 Å². The first kappa shape index (κ1) is 12.5. The Bertz CT molecular complexity index is 592. The minimum Gasteiger partial charge on any atom is -0.479 e. The van der Waals surface area contributed by atoms with E-state index in [0.717, 1.165) is 11.4 Å². The molecule has 0 spiro atoms. The molecule has 1 unspecified atom stereocenters. The molecule has 1 atom stereocenters. The summed E-state index contributed by atoms with van der Waals surface area (Å²) < 4.78 is 7.04. The fraction of sp³-hybridized carbons (Fsp3) is 0.417. The molecule has 96 valence electrons. The van der Waals surface area contributed by atoms with Gasteiger partial charge in [0.1, 0.15) is 0 Å². The van der Waals surface area contributed by atoms with Gasteiger partial charge in [-0.2, -0.15) is 0 Å². The van der Waals surface area contributed by atoms with Crippen molar-refractivity contribution in [2.45, 2.75) is 33.5 Å². The topological polar surface area (TPSA) is 76.7 Å². The first-order valence-electron chi connectivity index (χ1n) is 5.64.